The number of carbonyl (C=O) groups excluding carboxylic acids is 2. The molecule has 0 aromatic heterocycles. The molecule has 0 saturated heterocycles. The molecule has 0 bridgehead atoms. The zero-order chi connectivity index (χ0) is 17.9. The van der Waals surface area contributed by atoms with E-state index in [9.17, 15) is 14.7 Å². The van der Waals surface area contributed by atoms with Gasteiger partial charge in [0.2, 0.25) is 0 Å². The lowest BCUT2D eigenvalue weighted by Crippen LogP contribution is -2.31. The van der Waals surface area contributed by atoms with E-state index in [0.29, 0.717) is 12.0 Å². The predicted octanol–water partition coefficient (Wildman–Crippen LogP) is 4.07. The van der Waals surface area contributed by atoms with Crippen LogP contribution in [0.5, 0.6) is 0 Å². The van der Waals surface area contributed by atoms with E-state index in [1.54, 1.807) is 12.1 Å². The van der Waals surface area contributed by atoms with Crippen LogP contribution in [0.15, 0.2) is 48.5 Å². The van der Waals surface area contributed by atoms with Gasteiger partial charge in [0.15, 0.2) is 11.6 Å². The van der Waals surface area contributed by atoms with Crippen LogP contribution in [-0.2, 0) is 6.42 Å². The Morgan fingerprint density at radius 1 is 1.00 bits per heavy atom. The highest BCUT2D eigenvalue weighted by atomic mass is 16.3. The summed E-state index contributed by atoms with van der Waals surface area (Å²) in [7, 11) is 0. The van der Waals surface area contributed by atoms with Crippen molar-refractivity contribution in [2.75, 3.05) is 0 Å². The van der Waals surface area contributed by atoms with Crippen LogP contribution in [-0.4, -0.2) is 22.3 Å². The number of hydrogen-bond acceptors (Lipinski definition) is 3. The van der Waals surface area contributed by atoms with Crippen LogP contribution in [0.2, 0.25) is 0 Å². The van der Waals surface area contributed by atoms with Crippen LogP contribution >= 0.6 is 0 Å². The monoisotopic (exact) mass is 324 g/mol. The van der Waals surface area contributed by atoms with Gasteiger partial charge in [0.25, 0.3) is 0 Å². The highest BCUT2D eigenvalue weighted by molar-refractivity contribution is 6.01. The standard InChI is InChI=1S/C21H24O3/c1-14(2)19(22)18-8-6-5-7-17(18)13-15-9-11-16(12-10-15)20(23)21(3,4)24/h5-12,14,24H,13H2,1-4H3. The van der Waals surface area contributed by atoms with E-state index in [2.05, 4.69) is 0 Å². The van der Waals surface area contributed by atoms with Gasteiger partial charge in [-0.25, -0.2) is 0 Å². The molecule has 0 radical (unpaired) electrons. The zero-order valence-electron chi connectivity index (χ0n) is 14.7. The Bertz CT molecular complexity index is 734. The molecule has 126 valence electrons. The summed E-state index contributed by atoms with van der Waals surface area (Å²) in [6.45, 7) is 6.76. The topological polar surface area (TPSA) is 54.4 Å². The SMILES string of the molecule is CC(C)C(=O)c1ccccc1Cc1ccc(C(=O)C(C)(C)O)cc1. The first-order valence-electron chi connectivity index (χ1n) is 8.18. The Hall–Kier alpha value is -2.26. The maximum absolute atomic E-state index is 12.3. The molecule has 2 aromatic carbocycles. The van der Waals surface area contributed by atoms with Crippen molar-refractivity contribution < 1.29 is 14.7 Å². The number of ketones is 2. The molecule has 0 atom stereocenters. The molecule has 2 rings (SSSR count). The van der Waals surface area contributed by atoms with Gasteiger partial charge >= 0.3 is 0 Å². The Balaban J connectivity index is 2.24. The Morgan fingerprint density at radius 3 is 2.12 bits per heavy atom. The molecule has 0 fully saturated rings. The van der Waals surface area contributed by atoms with Crippen molar-refractivity contribution in [2.24, 2.45) is 5.92 Å². The van der Waals surface area contributed by atoms with Gasteiger partial charge in [0.1, 0.15) is 5.60 Å². The second-order valence-electron chi connectivity index (χ2n) is 6.94. The van der Waals surface area contributed by atoms with Crippen molar-refractivity contribution in [3.05, 3.63) is 70.8 Å². The maximum Gasteiger partial charge on any atom is 0.193 e. The van der Waals surface area contributed by atoms with Gasteiger partial charge in [0.05, 0.1) is 0 Å². The van der Waals surface area contributed by atoms with Gasteiger partial charge in [-0.3, -0.25) is 9.59 Å². The second-order valence-corrected chi connectivity index (χ2v) is 6.94. The van der Waals surface area contributed by atoms with Crippen LogP contribution in [0, 0.1) is 5.92 Å². The molecule has 0 unspecified atom stereocenters. The van der Waals surface area contributed by atoms with Crippen molar-refractivity contribution in [3.8, 4) is 0 Å². The van der Waals surface area contributed by atoms with E-state index in [1.807, 2.05) is 50.2 Å². The zero-order valence-corrected chi connectivity index (χ0v) is 14.7. The van der Waals surface area contributed by atoms with Crippen LogP contribution < -0.4 is 0 Å². The number of hydrogen-bond donors (Lipinski definition) is 1. The lowest BCUT2D eigenvalue weighted by molar-refractivity contribution is 0.0488. The van der Waals surface area contributed by atoms with E-state index in [4.69, 9.17) is 0 Å². The summed E-state index contributed by atoms with van der Waals surface area (Å²) in [6.07, 6.45) is 0.631. The molecule has 0 aliphatic carbocycles. The fourth-order valence-electron chi connectivity index (χ4n) is 2.57. The molecular weight excluding hydrogens is 300 g/mol. The van der Waals surface area contributed by atoms with E-state index >= 15 is 0 Å². The molecule has 0 amide bonds. The van der Waals surface area contributed by atoms with Crippen molar-refractivity contribution >= 4 is 11.6 Å². The molecule has 0 heterocycles. The number of benzene rings is 2. The minimum absolute atomic E-state index is 0.0436. The predicted molar refractivity (Wildman–Crippen MR) is 95.5 cm³/mol. The number of rotatable bonds is 6. The van der Waals surface area contributed by atoms with E-state index in [0.717, 1.165) is 16.7 Å². The summed E-state index contributed by atoms with van der Waals surface area (Å²) in [6, 6.07) is 14.8. The molecule has 3 nitrogen and oxygen atoms in total. The van der Waals surface area contributed by atoms with Crippen LogP contribution in [0.25, 0.3) is 0 Å². The van der Waals surface area contributed by atoms with Gasteiger partial charge in [-0.05, 0) is 31.4 Å². The van der Waals surface area contributed by atoms with Crippen molar-refractivity contribution in [2.45, 2.75) is 39.7 Å². The maximum atomic E-state index is 12.3. The molecular formula is C21H24O3. The third-order valence-corrected chi connectivity index (χ3v) is 3.97. The van der Waals surface area contributed by atoms with Gasteiger partial charge < -0.3 is 5.11 Å². The normalized spacial score (nSPS) is 11.6. The molecule has 2 aromatic rings. The molecule has 0 spiro atoms. The summed E-state index contributed by atoms with van der Waals surface area (Å²) in [5.41, 5.74) is 1.86. The fourth-order valence-corrected chi connectivity index (χ4v) is 2.57. The quantitative estimate of drug-likeness (QED) is 0.815. The summed E-state index contributed by atoms with van der Waals surface area (Å²) in [5, 5.41) is 9.81. The minimum Gasteiger partial charge on any atom is -0.382 e. The fraction of sp³-hybridized carbons (Fsp3) is 0.333. The van der Waals surface area contributed by atoms with Gasteiger partial charge in [-0.1, -0.05) is 62.4 Å². The third kappa shape index (κ3) is 4.18. The second kappa shape index (κ2) is 7.10. The first kappa shape index (κ1) is 18.1. The average Bonchev–Trinajstić information content (AvgIpc) is 2.54. The van der Waals surface area contributed by atoms with Crippen LogP contribution in [0.4, 0.5) is 0 Å². The van der Waals surface area contributed by atoms with Crippen molar-refractivity contribution in [1.29, 1.82) is 0 Å². The van der Waals surface area contributed by atoms with Crippen molar-refractivity contribution in [1.82, 2.24) is 0 Å². The first-order chi connectivity index (χ1) is 11.2. The molecule has 0 aliphatic rings. The van der Waals surface area contributed by atoms with Gasteiger partial charge in [0, 0.05) is 17.0 Å². The molecule has 3 heteroatoms. The summed E-state index contributed by atoms with van der Waals surface area (Å²) >= 11 is 0. The largest absolute Gasteiger partial charge is 0.382 e. The van der Waals surface area contributed by atoms with E-state index in [-0.39, 0.29) is 17.5 Å². The first-order valence-corrected chi connectivity index (χ1v) is 8.18. The number of aliphatic hydroxyl groups is 1. The summed E-state index contributed by atoms with van der Waals surface area (Å²) in [5.74, 6) is -0.207. The highest BCUT2D eigenvalue weighted by Gasteiger charge is 2.25. The van der Waals surface area contributed by atoms with Gasteiger partial charge in [-0.2, -0.15) is 0 Å². The Morgan fingerprint density at radius 2 is 1.58 bits per heavy atom. The molecule has 24 heavy (non-hydrogen) atoms. The lowest BCUT2D eigenvalue weighted by Gasteiger charge is -2.16. The van der Waals surface area contributed by atoms with E-state index in [1.165, 1.54) is 13.8 Å². The Labute approximate surface area is 143 Å². The molecule has 0 aliphatic heterocycles. The number of Topliss-reactive ketones (excluding diaryl/α,β-unsaturated/α-hetero) is 2. The van der Waals surface area contributed by atoms with Crippen LogP contribution in [0.3, 0.4) is 0 Å². The highest BCUT2D eigenvalue weighted by Crippen LogP contribution is 2.19. The third-order valence-electron chi connectivity index (χ3n) is 3.97. The summed E-state index contributed by atoms with van der Waals surface area (Å²) in [4.78, 5) is 24.4. The molecule has 1 N–H and O–H groups in total. The average molecular weight is 324 g/mol. The lowest BCUT2D eigenvalue weighted by atomic mass is 9.91. The number of carbonyl (C=O) groups is 2. The van der Waals surface area contributed by atoms with Crippen LogP contribution in [0.1, 0.15) is 59.5 Å². The van der Waals surface area contributed by atoms with E-state index < -0.39 is 5.60 Å². The smallest absolute Gasteiger partial charge is 0.193 e. The van der Waals surface area contributed by atoms with Crippen molar-refractivity contribution in [3.63, 3.8) is 0 Å². The minimum atomic E-state index is -1.38. The Kier molecular flexibility index (Phi) is 5.35. The summed E-state index contributed by atoms with van der Waals surface area (Å²) < 4.78 is 0. The van der Waals surface area contributed by atoms with Gasteiger partial charge in [-0.15, -0.1) is 0 Å². The molecule has 0 saturated carbocycles.